The SMILES string of the molecule is CC(=O)N1CCN(c2cc(C(=O)Nc3ccc4[nH]c5c(c4c3)CCCC5)nc(N3CCOCC3)n2)CC1. The van der Waals surface area contributed by atoms with Gasteiger partial charge in [-0.05, 0) is 49.4 Å². The number of aryl methyl sites for hydroxylation is 2. The van der Waals surface area contributed by atoms with Crippen LogP contribution in [0.5, 0.6) is 0 Å². The standard InChI is InChI=1S/C27H33N7O3/c1-18(35)32-8-10-33(11-9-32)25-17-24(30-27(31-25)34-12-14-37-15-13-34)26(36)28-19-6-7-23-21(16-19)20-4-2-3-5-22(20)29-23/h6-7,16-17,29H,2-5,8-15H2,1H3,(H,28,36). The van der Waals surface area contributed by atoms with Gasteiger partial charge in [0.15, 0.2) is 0 Å². The van der Waals surface area contributed by atoms with E-state index in [1.165, 1.54) is 29.5 Å². The van der Waals surface area contributed by atoms with E-state index >= 15 is 0 Å². The van der Waals surface area contributed by atoms with Crippen LogP contribution >= 0.6 is 0 Å². The molecule has 4 heterocycles. The first-order valence-corrected chi connectivity index (χ1v) is 13.2. The Morgan fingerprint density at radius 1 is 0.946 bits per heavy atom. The molecule has 1 aromatic carbocycles. The lowest BCUT2D eigenvalue weighted by molar-refractivity contribution is -0.129. The van der Waals surface area contributed by atoms with E-state index < -0.39 is 0 Å². The minimum Gasteiger partial charge on any atom is -0.378 e. The Bertz CT molecular complexity index is 1320. The molecule has 2 N–H and O–H groups in total. The molecule has 3 aliphatic rings. The second-order valence-corrected chi connectivity index (χ2v) is 10.0. The van der Waals surface area contributed by atoms with Crippen molar-refractivity contribution in [2.75, 3.05) is 67.6 Å². The van der Waals surface area contributed by atoms with Gasteiger partial charge in [-0.3, -0.25) is 9.59 Å². The number of nitrogens with zero attached hydrogens (tertiary/aromatic N) is 5. The molecule has 0 bridgehead atoms. The first kappa shape index (κ1) is 23.7. The zero-order chi connectivity index (χ0) is 25.4. The fraction of sp³-hybridized carbons (Fsp3) is 0.481. The number of nitrogens with one attached hydrogen (secondary N) is 2. The van der Waals surface area contributed by atoms with Gasteiger partial charge in [0, 0.05) is 74.5 Å². The van der Waals surface area contributed by atoms with Crippen molar-refractivity contribution < 1.29 is 14.3 Å². The van der Waals surface area contributed by atoms with Gasteiger partial charge in [0.2, 0.25) is 11.9 Å². The summed E-state index contributed by atoms with van der Waals surface area (Å²) in [5.41, 5.74) is 4.91. The van der Waals surface area contributed by atoms with Crippen molar-refractivity contribution in [1.29, 1.82) is 0 Å². The Balaban J connectivity index is 1.27. The van der Waals surface area contributed by atoms with E-state index in [0.717, 1.165) is 24.0 Å². The quantitative estimate of drug-likeness (QED) is 0.564. The van der Waals surface area contributed by atoms with Crippen LogP contribution in [0, 0.1) is 0 Å². The molecule has 0 unspecified atom stereocenters. The Hall–Kier alpha value is -3.66. The summed E-state index contributed by atoms with van der Waals surface area (Å²) >= 11 is 0. The van der Waals surface area contributed by atoms with Crippen LogP contribution in [0.3, 0.4) is 0 Å². The maximum Gasteiger partial charge on any atom is 0.274 e. The fourth-order valence-electron chi connectivity index (χ4n) is 5.53. The molecule has 6 rings (SSSR count). The van der Waals surface area contributed by atoms with Gasteiger partial charge in [0.1, 0.15) is 11.5 Å². The summed E-state index contributed by atoms with van der Waals surface area (Å²) in [5, 5.41) is 4.26. The van der Waals surface area contributed by atoms with Gasteiger partial charge >= 0.3 is 0 Å². The number of benzene rings is 1. The molecule has 0 spiro atoms. The normalized spacial score (nSPS) is 18.1. The first-order chi connectivity index (χ1) is 18.0. The molecule has 37 heavy (non-hydrogen) atoms. The van der Waals surface area contributed by atoms with Gasteiger partial charge in [0.25, 0.3) is 5.91 Å². The number of H-pyrrole nitrogens is 1. The molecule has 2 aliphatic heterocycles. The Morgan fingerprint density at radius 3 is 2.51 bits per heavy atom. The zero-order valence-corrected chi connectivity index (χ0v) is 21.3. The summed E-state index contributed by atoms with van der Waals surface area (Å²) in [4.78, 5) is 44.3. The average molecular weight is 504 g/mol. The highest BCUT2D eigenvalue weighted by atomic mass is 16.5. The second-order valence-electron chi connectivity index (χ2n) is 10.0. The molecule has 0 radical (unpaired) electrons. The van der Waals surface area contributed by atoms with Crippen molar-refractivity contribution in [3.05, 3.63) is 41.2 Å². The van der Waals surface area contributed by atoms with Gasteiger partial charge in [-0.25, -0.2) is 4.98 Å². The number of hydrogen-bond acceptors (Lipinski definition) is 7. The highest BCUT2D eigenvalue weighted by Gasteiger charge is 2.24. The molecule has 2 amide bonds. The number of carbonyl (C=O) groups excluding carboxylic acids is 2. The molecular formula is C27H33N7O3. The minimum absolute atomic E-state index is 0.0806. The van der Waals surface area contributed by atoms with Gasteiger partial charge in [-0.2, -0.15) is 4.98 Å². The van der Waals surface area contributed by atoms with E-state index in [2.05, 4.69) is 31.2 Å². The van der Waals surface area contributed by atoms with Crippen LogP contribution < -0.4 is 15.1 Å². The third-order valence-corrected chi connectivity index (χ3v) is 7.63. The Kier molecular flexibility index (Phi) is 6.42. The van der Waals surface area contributed by atoms with Crippen molar-refractivity contribution in [3.8, 4) is 0 Å². The fourth-order valence-corrected chi connectivity index (χ4v) is 5.53. The number of carbonyl (C=O) groups is 2. The minimum atomic E-state index is -0.260. The zero-order valence-electron chi connectivity index (χ0n) is 21.3. The number of ether oxygens (including phenoxy) is 1. The van der Waals surface area contributed by atoms with Gasteiger partial charge in [-0.1, -0.05) is 0 Å². The molecule has 0 saturated carbocycles. The average Bonchev–Trinajstić information content (AvgIpc) is 3.31. The van der Waals surface area contributed by atoms with Crippen molar-refractivity contribution in [2.45, 2.75) is 32.6 Å². The van der Waals surface area contributed by atoms with Crippen LogP contribution in [-0.2, 0) is 22.4 Å². The predicted molar refractivity (Wildman–Crippen MR) is 142 cm³/mol. The van der Waals surface area contributed by atoms with E-state index in [9.17, 15) is 9.59 Å². The number of fused-ring (bicyclic) bond motifs is 3. The lowest BCUT2D eigenvalue weighted by Crippen LogP contribution is -2.48. The highest BCUT2D eigenvalue weighted by Crippen LogP contribution is 2.31. The van der Waals surface area contributed by atoms with E-state index in [0.29, 0.717) is 69.9 Å². The van der Waals surface area contributed by atoms with Crippen LogP contribution in [0.4, 0.5) is 17.5 Å². The summed E-state index contributed by atoms with van der Waals surface area (Å²) in [6.07, 6.45) is 4.57. The van der Waals surface area contributed by atoms with Crippen LogP contribution in [0.2, 0.25) is 0 Å². The van der Waals surface area contributed by atoms with Gasteiger partial charge in [-0.15, -0.1) is 0 Å². The summed E-state index contributed by atoms with van der Waals surface area (Å²) < 4.78 is 5.50. The molecular weight excluding hydrogens is 470 g/mol. The number of amides is 2. The summed E-state index contributed by atoms with van der Waals surface area (Å²) in [6.45, 7) is 6.75. The van der Waals surface area contributed by atoms with Crippen molar-refractivity contribution in [1.82, 2.24) is 19.9 Å². The molecule has 2 saturated heterocycles. The summed E-state index contributed by atoms with van der Waals surface area (Å²) in [6, 6.07) is 7.82. The molecule has 3 aromatic rings. The predicted octanol–water partition coefficient (Wildman–Crippen LogP) is 2.59. The number of piperazine rings is 1. The lowest BCUT2D eigenvalue weighted by atomic mass is 9.95. The van der Waals surface area contributed by atoms with Crippen LogP contribution in [0.15, 0.2) is 24.3 Å². The maximum atomic E-state index is 13.5. The second kappa shape index (κ2) is 10.0. The molecule has 10 heteroatoms. The van der Waals surface area contributed by atoms with Crippen molar-refractivity contribution in [2.24, 2.45) is 0 Å². The smallest absolute Gasteiger partial charge is 0.274 e. The highest BCUT2D eigenvalue weighted by molar-refractivity contribution is 6.04. The first-order valence-electron chi connectivity index (χ1n) is 13.2. The number of morpholine rings is 1. The van der Waals surface area contributed by atoms with E-state index in [-0.39, 0.29) is 11.8 Å². The number of rotatable bonds is 4. The number of anilines is 3. The Labute approximate surface area is 216 Å². The third kappa shape index (κ3) is 4.85. The molecule has 10 nitrogen and oxygen atoms in total. The summed E-state index contributed by atoms with van der Waals surface area (Å²) in [5.74, 6) is 1.07. The summed E-state index contributed by atoms with van der Waals surface area (Å²) in [7, 11) is 0. The Morgan fingerprint density at radius 2 is 1.73 bits per heavy atom. The topological polar surface area (TPSA) is 107 Å². The number of aromatic nitrogens is 3. The maximum absolute atomic E-state index is 13.5. The third-order valence-electron chi connectivity index (χ3n) is 7.63. The monoisotopic (exact) mass is 503 g/mol. The molecule has 0 atom stereocenters. The number of hydrogen-bond donors (Lipinski definition) is 2. The molecule has 194 valence electrons. The number of aromatic amines is 1. The van der Waals surface area contributed by atoms with Crippen LogP contribution in [0.25, 0.3) is 10.9 Å². The van der Waals surface area contributed by atoms with Crippen LogP contribution in [0.1, 0.15) is 41.5 Å². The van der Waals surface area contributed by atoms with Crippen molar-refractivity contribution >= 4 is 40.2 Å². The molecule has 2 fully saturated rings. The lowest BCUT2D eigenvalue weighted by Gasteiger charge is -2.35. The largest absolute Gasteiger partial charge is 0.378 e. The van der Waals surface area contributed by atoms with Crippen molar-refractivity contribution in [3.63, 3.8) is 0 Å². The van der Waals surface area contributed by atoms with E-state index in [4.69, 9.17) is 9.72 Å². The van der Waals surface area contributed by atoms with Gasteiger partial charge in [0.05, 0.1) is 13.2 Å². The molecule has 1 aliphatic carbocycles. The van der Waals surface area contributed by atoms with E-state index in [1.54, 1.807) is 13.0 Å². The van der Waals surface area contributed by atoms with Gasteiger partial charge < -0.3 is 29.7 Å². The molecule has 2 aromatic heterocycles. The van der Waals surface area contributed by atoms with E-state index in [1.807, 2.05) is 17.0 Å². The van der Waals surface area contributed by atoms with Crippen LogP contribution in [-0.4, -0.2) is 84.1 Å².